The highest BCUT2D eigenvalue weighted by Gasteiger charge is 2.17. The van der Waals surface area contributed by atoms with Crippen molar-refractivity contribution in [3.8, 4) is 5.75 Å². The third-order valence-electron chi connectivity index (χ3n) is 2.24. The molecule has 1 aromatic carbocycles. The standard InChI is InChI=1S/C14H19ClN2O4/c1-14(2,3)21-13(19)17-10-7-9(16-12(18)8-15)5-6-11(10)20-4/h5-7H,8H2,1-4H3,(H,16,18)(H,17,19). The summed E-state index contributed by atoms with van der Waals surface area (Å²) in [6.07, 6.45) is -0.610. The number of halogens is 1. The van der Waals surface area contributed by atoms with Gasteiger partial charge in [-0.05, 0) is 39.0 Å². The van der Waals surface area contributed by atoms with Gasteiger partial charge in [0.25, 0.3) is 0 Å². The lowest BCUT2D eigenvalue weighted by Crippen LogP contribution is -2.27. The Morgan fingerprint density at radius 3 is 2.43 bits per heavy atom. The van der Waals surface area contributed by atoms with E-state index in [9.17, 15) is 9.59 Å². The molecule has 0 radical (unpaired) electrons. The molecule has 0 spiro atoms. The van der Waals surface area contributed by atoms with E-state index in [2.05, 4.69) is 10.6 Å². The summed E-state index contributed by atoms with van der Waals surface area (Å²) in [6, 6.07) is 4.83. The van der Waals surface area contributed by atoms with E-state index in [1.54, 1.807) is 39.0 Å². The van der Waals surface area contributed by atoms with Crippen molar-refractivity contribution in [2.45, 2.75) is 26.4 Å². The Labute approximate surface area is 128 Å². The van der Waals surface area contributed by atoms with E-state index < -0.39 is 11.7 Å². The van der Waals surface area contributed by atoms with Crippen molar-refractivity contribution in [3.05, 3.63) is 18.2 Å². The molecule has 0 fully saturated rings. The second-order valence-electron chi connectivity index (χ2n) is 5.22. The van der Waals surface area contributed by atoms with Gasteiger partial charge in [0.05, 0.1) is 12.8 Å². The average molecular weight is 315 g/mol. The number of methoxy groups -OCH3 is 1. The van der Waals surface area contributed by atoms with Gasteiger partial charge in [-0.2, -0.15) is 0 Å². The number of ether oxygens (including phenoxy) is 2. The van der Waals surface area contributed by atoms with Gasteiger partial charge in [-0.15, -0.1) is 11.6 Å². The number of hydrogen-bond acceptors (Lipinski definition) is 4. The summed E-state index contributed by atoms with van der Waals surface area (Å²) in [7, 11) is 1.48. The van der Waals surface area contributed by atoms with Gasteiger partial charge in [0, 0.05) is 5.69 Å². The number of rotatable bonds is 4. The minimum atomic E-state index is -0.610. The predicted octanol–water partition coefficient (Wildman–Crippen LogP) is 3.22. The predicted molar refractivity (Wildman–Crippen MR) is 82.2 cm³/mol. The number of carbonyl (C=O) groups is 2. The number of nitrogens with one attached hydrogen (secondary N) is 2. The Morgan fingerprint density at radius 1 is 1.24 bits per heavy atom. The van der Waals surface area contributed by atoms with Gasteiger partial charge in [0.1, 0.15) is 17.2 Å². The fraction of sp³-hybridized carbons (Fsp3) is 0.429. The van der Waals surface area contributed by atoms with Crippen molar-refractivity contribution >= 4 is 35.0 Å². The van der Waals surface area contributed by atoms with E-state index in [0.717, 1.165) is 0 Å². The second kappa shape index (κ2) is 7.17. The van der Waals surface area contributed by atoms with Crippen LogP contribution in [0.2, 0.25) is 0 Å². The highest BCUT2D eigenvalue weighted by molar-refractivity contribution is 6.29. The van der Waals surface area contributed by atoms with Gasteiger partial charge in [0.2, 0.25) is 5.91 Å². The summed E-state index contributed by atoms with van der Waals surface area (Å²) in [5, 5.41) is 5.17. The molecule has 116 valence electrons. The van der Waals surface area contributed by atoms with Crippen molar-refractivity contribution in [3.63, 3.8) is 0 Å². The van der Waals surface area contributed by atoms with Crippen LogP contribution in [0.25, 0.3) is 0 Å². The van der Waals surface area contributed by atoms with Crippen LogP contribution >= 0.6 is 11.6 Å². The first-order valence-corrected chi connectivity index (χ1v) is 6.82. The molecule has 2 amide bonds. The van der Waals surface area contributed by atoms with Crippen LogP contribution in [0.1, 0.15) is 20.8 Å². The first kappa shape index (κ1) is 17.1. The van der Waals surface area contributed by atoms with Crippen molar-refractivity contribution in [1.29, 1.82) is 0 Å². The molecule has 0 unspecified atom stereocenters. The zero-order chi connectivity index (χ0) is 16.0. The fourth-order valence-electron chi connectivity index (χ4n) is 1.49. The number of amides is 2. The summed E-state index contributed by atoms with van der Waals surface area (Å²) in [5.74, 6) is -0.0456. The molecule has 21 heavy (non-hydrogen) atoms. The molecular weight excluding hydrogens is 296 g/mol. The van der Waals surface area contributed by atoms with Crippen LogP contribution in [-0.4, -0.2) is 30.6 Å². The van der Waals surface area contributed by atoms with E-state index in [-0.39, 0.29) is 11.8 Å². The number of hydrogen-bond donors (Lipinski definition) is 2. The van der Waals surface area contributed by atoms with Crippen molar-refractivity contribution in [1.82, 2.24) is 0 Å². The molecule has 0 aliphatic rings. The maximum absolute atomic E-state index is 11.8. The summed E-state index contributed by atoms with van der Waals surface area (Å²) >= 11 is 5.43. The third-order valence-corrected chi connectivity index (χ3v) is 2.48. The van der Waals surface area contributed by atoms with Crippen LogP contribution in [0.4, 0.5) is 16.2 Å². The molecule has 1 aromatic rings. The lowest BCUT2D eigenvalue weighted by Gasteiger charge is -2.20. The molecule has 0 saturated heterocycles. The quantitative estimate of drug-likeness (QED) is 0.837. The molecule has 6 nitrogen and oxygen atoms in total. The SMILES string of the molecule is COc1ccc(NC(=O)CCl)cc1NC(=O)OC(C)(C)C. The van der Waals surface area contributed by atoms with Gasteiger partial charge in [-0.3, -0.25) is 10.1 Å². The topological polar surface area (TPSA) is 76.7 Å². The number of benzene rings is 1. The molecular formula is C14H19ClN2O4. The lowest BCUT2D eigenvalue weighted by molar-refractivity contribution is -0.113. The first-order chi connectivity index (χ1) is 9.75. The number of alkyl halides is 1. The van der Waals surface area contributed by atoms with E-state index in [1.807, 2.05) is 0 Å². The molecule has 0 aromatic heterocycles. The number of anilines is 2. The Balaban J connectivity index is 2.90. The minimum absolute atomic E-state index is 0.152. The zero-order valence-corrected chi connectivity index (χ0v) is 13.2. The normalized spacial score (nSPS) is 10.7. The van der Waals surface area contributed by atoms with Crippen LogP contribution in [-0.2, 0) is 9.53 Å². The van der Waals surface area contributed by atoms with Crippen molar-refractivity contribution < 1.29 is 19.1 Å². The first-order valence-electron chi connectivity index (χ1n) is 6.29. The molecule has 2 N–H and O–H groups in total. The maximum Gasteiger partial charge on any atom is 0.412 e. The van der Waals surface area contributed by atoms with Gasteiger partial charge in [0.15, 0.2) is 0 Å². The van der Waals surface area contributed by atoms with E-state index >= 15 is 0 Å². The molecule has 0 saturated carbocycles. The Bertz CT molecular complexity index is 526. The van der Waals surface area contributed by atoms with Gasteiger partial charge < -0.3 is 14.8 Å². The molecule has 1 rings (SSSR count). The van der Waals surface area contributed by atoms with Crippen molar-refractivity contribution in [2.24, 2.45) is 0 Å². The average Bonchev–Trinajstić information content (AvgIpc) is 2.36. The van der Waals surface area contributed by atoms with E-state index in [0.29, 0.717) is 17.1 Å². The summed E-state index contributed by atoms with van der Waals surface area (Å²) in [4.78, 5) is 23.1. The van der Waals surface area contributed by atoms with Gasteiger partial charge >= 0.3 is 6.09 Å². The molecule has 0 heterocycles. The lowest BCUT2D eigenvalue weighted by atomic mass is 10.2. The van der Waals surface area contributed by atoms with E-state index in [1.165, 1.54) is 7.11 Å². The van der Waals surface area contributed by atoms with Crippen LogP contribution in [0.15, 0.2) is 18.2 Å². The highest BCUT2D eigenvalue weighted by atomic mass is 35.5. The Morgan fingerprint density at radius 2 is 1.90 bits per heavy atom. The molecule has 0 bridgehead atoms. The summed E-state index contributed by atoms with van der Waals surface area (Å²) < 4.78 is 10.3. The van der Waals surface area contributed by atoms with Crippen LogP contribution in [0.5, 0.6) is 5.75 Å². The molecule has 7 heteroatoms. The fourth-order valence-corrected chi connectivity index (χ4v) is 1.56. The third kappa shape index (κ3) is 5.91. The van der Waals surface area contributed by atoms with Crippen molar-refractivity contribution in [2.75, 3.05) is 23.6 Å². The minimum Gasteiger partial charge on any atom is -0.495 e. The van der Waals surface area contributed by atoms with Crippen LogP contribution in [0, 0.1) is 0 Å². The summed E-state index contributed by atoms with van der Waals surface area (Å²) in [6.45, 7) is 5.29. The van der Waals surface area contributed by atoms with E-state index in [4.69, 9.17) is 21.1 Å². The van der Waals surface area contributed by atoms with Crippen LogP contribution in [0.3, 0.4) is 0 Å². The zero-order valence-electron chi connectivity index (χ0n) is 12.5. The monoisotopic (exact) mass is 314 g/mol. The highest BCUT2D eigenvalue weighted by Crippen LogP contribution is 2.28. The molecule has 0 aliphatic carbocycles. The Kier molecular flexibility index (Phi) is 5.84. The smallest absolute Gasteiger partial charge is 0.412 e. The molecule has 0 atom stereocenters. The molecule has 0 aliphatic heterocycles. The summed E-state index contributed by atoms with van der Waals surface area (Å²) in [5.41, 5.74) is 0.272. The maximum atomic E-state index is 11.8. The van der Waals surface area contributed by atoms with Crippen LogP contribution < -0.4 is 15.4 Å². The van der Waals surface area contributed by atoms with Gasteiger partial charge in [-0.25, -0.2) is 4.79 Å². The second-order valence-corrected chi connectivity index (χ2v) is 5.49. The Hall–Kier alpha value is -1.95. The number of carbonyl (C=O) groups excluding carboxylic acids is 2. The largest absolute Gasteiger partial charge is 0.495 e. The van der Waals surface area contributed by atoms with Gasteiger partial charge in [-0.1, -0.05) is 0 Å².